The highest BCUT2D eigenvalue weighted by Crippen LogP contribution is 2.16. The van der Waals surface area contributed by atoms with Gasteiger partial charge in [0.1, 0.15) is 5.60 Å². The van der Waals surface area contributed by atoms with Crippen molar-refractivity contribution in [2.24, 2.45) is 5.92 Å². The minimum absolute atomic E-state index is 0.289. The van der Waals surface area contributed by atoms with Crippen LogP contribution in [0.3, 0.4) is 0 Å². The van der Waals surface area contributed by atoms with Crippen LogP contribution in [-0.4, -0.2) is 67.3 Å². The van der Waals surface area contributed by atoms with Gasteiger partial charge in [-0.2, -0.15) is 0 Å². The lowest BCUT2D eigenvalue weighted by molar-refractivity contribution is 0.0505. The van der Waals surface area contributed by atoms with Gasteiger partial charge in [-0.3, -0.25) is 0 Å². The summed E-state index contributed by atoms with van der Waals surface area (Å²) in [6.45, 7) is 13.7. The van der Waals surface area contributed by atoms with Crippen LogP contribution in [0, 0.1) is 5.92 Å². The molecule has 0 bridgehead atoms. The number of piperidine rings is 2. The molecule has 0 aromatic rings. The molecule has 0 radical (unpaired) electrons. The molecule has 2 aliphatic rings. The van der Waals surface area contributed by atoms with Crippen molar-refractivity contribution in [3.63, 3.8) is 0 Å². The largest absolute Gasteiger partial charge is 0.444 e. The van der Waals surface area contributed by atoms with Crippen LogP contribution >= 0.6 is 0 Å². The highest BCUT2D eigenvalue weighted by molar-refractivity contribution is 5.67. The Morgan fingerprint density at radius 2 is 1.70 bits per heavy atom. The van der Waals surface area contributed by atoms with Gasteiger partial charge >= 0.3 is 6.09 Å². The fourth-order valence-electron chi connectivity index (χ4n) is 3.53. The molecule has 0 saturated carbocycles. The predicted molar refractivity (Wildman–Crippen MR) is 93.7 cm³/mol. The number of amides is 1. The standard InChI is InChI=1S/C18H35N3O2/c1-18(2,3)23-17(22)19-14-16-8-7-11-21(15-16)13-12-20-9-5-4-6-10-20/h16H,4-15H2,1-3H3,(H,19,22). The van der Waals surface area contributed by atoms with Gasteiger partial charge in [-0.15, -0.1) is 0 Å². The molecular weight excluding hydrogens is 290 g/mol. The number of hydrogen-bond donors (Lipinski definition) is 1. The van der Waals surface area contributed by atoms with E-state index < -0.39 is 5.60 Å². The highest BCUT2D eigenvalue weighted by Gasteiger charge is 2.22. The number of nitrogens with one attached hydrogen (secondary N) is 1. The highest BCUT2D eigenvalue weighted by atomic mass is 16.6. The van der Waals surface area contributed by atoms with Gasteiger partial charge in [-0.05, 0) is 72.0 Å². The summed E-state index contributed by atoms with van der Waals surface area (Å²) in [6, 6.07) is 0. The summed E-state index contributed by atoms with van der Waals surface area (Å²) in [5.74, 6) is 0.553. The van der Waals surface area contributed by atoms with Crippen molar-refractivity contribution < 1.29 is 9.53 Å². The zero-order valence-electron chi connectivity index (χ0n) is 15.3. The molecule has 0 spiro atoms. The summed E-state index contributed by atoms with van der Waals surface area (Å²) in [7, 11) is 0. The van der Waals surface area contributed by atoms with Crippen LogP contribution in [0.15, 0.2) is 0 Å². The summed E-state index contributed by atoms with van der Waals surface area (Å²) in [6.07, 6.45) is 6.28. The maximum absolute atomic E-state index is 11.8. The first-order chi connectivity index (χ1) is 10.9. The van der Waals surface area contributed by atoms with E-state index in [1.165, 1.54) is 64.8 Å². The molecule has 0 aliphatic carbocycles. The normalized spacial score (nSPS) is 24.4. The van der Waals surface area contributed by atoms with Crippen molar-refractivity contribution in [1.82, 2.24) is 15.1 Å². The lowest BCUT2D eigenvalue weighted by Crippen LogP contribution is -2.45. The second kappa shape index (κ2) is 8.88. The van der Waals surface area contributed by atoms with Crippen molar-refractivity contribution in [3.8, 4) is 0 Å². The first kappa shape index (κ1) is 18.5. The van der Waals surface area contributed by atoms with E-state index in [-0.39, 0.29) is 6.09 Å². The Bertz CT molecular complexity index is 362. The molecule has 1 atom stereocenters. The van der Waals surface area contributed by atoms with Gasteiger partial charge < -0.3 is 19.9 Å². The van der Waals surface area contributed by atoms with Crippen molar-refractivity contribution in [2.45, 2.75) is 58.5 Å². The SMILES string of the molecule is CC(C)(C)OC(=O)NCC1CCCN(CCN2CCCCC2)C1. The summed E-state index contributed by atoms with van der Waals surface area (Å²) >= 11 is 0. The van der Waals surface area contributed by atoms with Gasteiger partial charge in [0.15, 0.2) is 0 Å². The molecule has 0 aromatic carbocycles. The molecule has 2 aliphatic heterocycles. The Hall–Kier alpha value is -0.810. The van der Waals surface area contributed by atoms with E-state index in [2.05, 4.69) is 15.1 Å². The van der Waals surface area contributed by atoms with E-state index in [1.807, 2.05) is 20.8 Å². The number of alkyl carbamates (subject to hydrolysis) is 1. The number of carbonyl (C=O) groups excluding carboxylic acids is 1. The van der Waals surface area contributed by atoms with Crippen molar-refractivity contribution >= 4 is 6.09 Å². The van der Waals surface area contributed by atoms with Crippen molar-refractivity contribution in [3.05, 3.63) is 0 Å². The maximum Gasteiger partial charge on any atom is 0.407 e. The molecule has 134 valence electrons. The van der Waals surface area contributed by atoms with Crippen LogP contribution in [0.2, 0.25) is 0 Å². The Morgan fingerprint density at radius 1 is 1.04 bits per heavy atom. The predicted octanol–water partition coefficient (Wildman–Crippen LogP) is 2.71. The Morgan fingerprint density at radius 3 is 2.39 bits per heavy atom. The van der Waals surface area contributed by atoms with Crippen LogP contribution in [0.1, 0.15) is 52.9 Å². The molecule has 0 aromatic heterocycles. The number of hydrogen-bond acceptors (Lipinski definition) is 4. The van der Waals surface area contributed by atoms with Gasteiger partial charge in [0, 0.05) is 26.2 Å². The monoisotopic (exact) mass is 325 g/mol. The molecule has 1 unspecified atom stereocenters. The number of rotatable bonds is 5. The third kappa shape index (κ3) is 7.53. The minimum Gasteiger partial charge on any atom is -0.444 e. The number of nitrogens with zero attached hydrogens (tertiary/aromatic N) is 2. The average Bonchev–Trinajstić information content (AvgIpc) is 2.51. The molecular formula is C18H35N3O2. The zero-order chi connectivity index (χ0) is 16.7. The summed E-state index contributed by atoms with van der Waals surface area (Å²) in [4.78, 5) is 16.9. The van der Waals surface area contributed by atoms with E-state index in [1.54, 1.807) is 0 Å². The number of carbonyl (C=O) groups is 1. The molecule has 2 saturated heterocycles. The third-order valence-electron chi connectivity index (χ3n) is 4.72. The van der Waals surface area contributed by atoms with Crippen molar-refractivity contribution in [1.29, 1.82) is 0 Å². The van der Waals surface area contributed by atoms with Gasteiger partial charge in [0.05, 0.1) is 0 Å². The summed E-state index contributed by atoms with van der Waals surface area (Å²) in [5, 5.41) is 2.94. The molecule has 2 rings (SSSR count). The molecule has 1 N–H and O–H groups in total. The first-order valence-corrected chi connectivity index (χ1v) is 9.34. The molecule has 5 heteroatoms. The average molecular weight is 325 g/mol. The molecule has 1 amide bonds. The smallest absolute Gasteiger partial charge is 0.407 e. The molecule has 5 nitrogen and oxygen atoms in total. The minimum atomic E-state index is -0.420. The van der Waals surface area contributed by atoms with E-state index >= 15 is 0 Å². The lowest BCUT2D eigenvalue weighted by Gasteiger charge is -2.35. The summed E-state index contributed by atoms with van der Waals surface area (Å²) < 4.78 is 5.31. The fraction of sp³-hybridized carbons (Fsp3) is 0.944. The van der Waals surface area contributed by atoms with Crippen LogP contribution in [0.25, 0.3) is 0 Å². The van der Waals surface area contributed by atoms with E-state index in [0.717, 1.165) is 13.1 Å². The van der Waals surface area contributed by atoms with Gasteiger partial charge in [0.25, 0.3) is 0 Å². The topological polar surface area (TPSA) is 44.8 Å². The van der Waals surface area contributed by atoms with Crippen LogP contribution in [0.5, 0.6) is 0 Å². The lowest BCUT2D eigenvalue weighted by atomic mass is 9.98. The maximum atomic E-state index is 11.8. The van der Waals surface area contributed by atoms with Crippen molar-refractivity contribution in [2.75, 3.05) is 45.8 Å². The summed E-state index contributed by atoms with van der Waals surface area (Å²) in [5.41, 5.74) is -0.420. The molecule has 23 heavy (non-hydrogen) atoms. The number of ether oxygens (including phenoxy) is 1. The van der Waals surface area contributed by atoms with Gasteiger partial charge in [-0.1, -0.05) is 6.42 Å². The van der Waals surface area contributed by atoms with E-state index in [0.29, 0.717) is 5.92 Å². The Labute approximate surface area is 141 Å². The zero-order valence-corrected chi connectivity index (χ0v) is 15.3. The Balaban J connectivity index is 1.63. The van der Waals surface area contributed by atoms with Crippen LogP contribution < -0.4 is 5.32 Å². The second-order valence-corrected chi connectivity index (χ2v) is 8.09. The number of likely N-dealkylation sites (tertiary alicyclic amines) is 2. The Kier molecular flexibility index (Phi) is 7.15. The van der Waals surface area contributed by atoms with E-state index in [9.17, 15) is 4.79 Å². The second-order valence-electron chi connectivity index (χ2n) is 8.09. The molecule has 2 fully saturated rings. The molecule has 2 heterocycles. The quantitative estimate of drug-likeness (QED) is 0.844. The third-order valence-corrected chi connectivity index (χ3v) is 4.72. The van der Waals surface area contributed by atoms with Gasteiger partial charge in [-0.25, -0.2) is 4.79 Å². The van der Waals surface area contributed by atoms with Crippen LogP contribution in [-0.2, 0) is 4.74 Å². The van der Waals surface area contributed by atoms with Crippen LogP contribution in [0.4, 0.5) is 4.79 Å². The first-order valence-electron chi connectivity index (χ1n) is 9.34. The van der Waals surface area contributed by atoms with Gasteiger partial charge in [0.2, 0.25) is 0 Å². The van der Waals surface area contributed by atoms with E-state index in [4.69, 9.17) is 4.74 Å². The fourth-order valence-corrected chi connectivity index (χ4v) is 3.53.